The fraction of sp³-hybridized carbons (Fsp3) is 0.133. The van der Waals surface area contributed by atoms with Gasteiger partial charge in [0.05, 0.1) is 16.1 Å². The van der Waals surface area contributed by atoms with Crippen molar-refractivity contribution < 1.29 is 36.1 Å². The average molecular weight is 378 g/mol. The first kappa shape index (κ1) is 19.2. The molecule has 0 saturated heterocycles. The largest absolute Gasteiger partial charge is 0.416 e. The number of hydrogen-bond acceptors (Lipinski definition) is 3. The highest BCUT2D eigenvalue weighted by Crippen LogP contribution is 2.36. The molecule has 0 atom stereocenters. The second-order valence-electron chi connectivity index (χ2n) is 5.06. The number of hydrogen-bond donors (Lipinski definition) is 1. The number of nitro groups is 1. The number of anilines is 1. The third-order valence-corrected chi connectivity index (χ3v) is 3.16. The van der Waals surface area contributed by atoms with E-state index in [0.29, 0.717) is 0 Å². The normalized spacial score (nSPS) is 11.9. The van der Waals surface area contributed by atoms with Gasteiger partial charge in [-0.2, -0.15) is 26.3 Å². The Labute approximate surface area is 141 Å². The molecule has 2 aromatic carbocycles. The molecule has 11 heteroatoms. The Bertz CT molecular complexity index is 829. The molecule has 0 unspecified atom stereocenters. The van der Waals surface area contributed by atoms with E-state index in [4.69, 9.17) is 0 Å². The van der Waals surface area contributed by atoms with E-state index in [1.807, 2.05) is 5.32 Å². The first-order valence-electron chi connectivity index (χ1n) is 6.73. The zero-order valence-corrected chi connectivity index (χ0v) is 12.5. The van der Waals surface area contributed by atoms with Crippen LogP contribution in [-0.4, -0.2) is 10.8 Å². The Hall–Kier alpha value is -3.11. The van der Waals surface area contributed by atoms with Gasteiger partial charge in [0.25, 0.3) is 11.6 Å². The number of nitrogens with one attached hydrogen (secondary N) is 1. The predicted octanol–water partition coefficient (Wildman–Crippen LogP) is 4.88. The predicted molar refractivity (Wildman–Crippen MR) is 77.5 cm³/mol. The Kier molecular flexibility index (Phi) is 4.92. The summed E-state index contributed by atoms with van der Waals surface area (Å²) in [5.74, 6) is -1.28. The molecule has 138 valence electrons. The lowest BCUT2D eigenvalue weighted by atomic mass is 10.0. The van der Waals surface area contributed by atoms with Crippen molar-refractivity contribution >= 4 is 17.3 Å². The second-order valence-corrected chi connectivity index (χ2v) is 5.06. The average Bonchev–Trinajstić information content (AvgIpc) is 2.53. The summed E-state index contributed by atoms with van der Waals surface area (Å²) >= 11 is 0. The standard InChI is InChI=1S/C15H8F6N2O3/c16-14(17,18)9-4-8(5-10(6-9)15(19,20)21)13(24)22-11-2-1-3-12(7-11)23(25)26/h1-7H,(H,22,24). The lowest BCUT2D eigenvalue weighted by molar-refractivity contribution is -0.384. The van der Waals surface area contributed by atoms with Crippen LogP contribution in [0, 0.1) is 10.1 Å². The fourth-order valence-electron chi connectivity index (χ4n) is 1.99. The lowest BCUT2D eigenvalue weighted by Crippen LogP contribution is -2.17. The molecule has 0 saturated carbocycles. The van der Waals surface area contributed by atoms with Gasteiger partial charge in [0.2, 0.25) is 0 Å². The van der Waals surface area contributed by atoms with Crippen molar-refractivity contribution in [3.8, 4) is 0 Å². The van der Waals surface area contributed by atoms with Crippen LogP contribution in [0.5, 0.6) is 0 Å². The molecule has 0 fully saturated rings. The minimum Gasteiger partial charge on any atom is -0.322 e. The summed E-state index contributed by atoms with van der Waals surface area (Å²) in [5.41, 5.74) is -4.75. The number of amides is 1. The minimum atomic E-state index is -5.10. The zero-order chi connectivity index (χ0) is 19.7. The van der Waals surface area contributed by atoms with Crippen LogP contribution in [0.2, 0.25) is 0 Å². The van der Waals surface area contributed by atoms with E-state index in [0.717, 1.165) is 12.1 Å². The molecular formula is C15H8F6N2O3. The van der Waals surface area contributed by atoms with Gasteiger partial charge < -0.3 is 5.32 Å². The third-order valence-electron chi connectivity index (χ3n) is 3.16. The van der Waals surface area contributed by atoms with Gasteiger partial charge in [-0.05, 0) is 24.3 Å². The van der Waals surface area contributed by atoms with E-state index in [1.54, 1.807) is 0 Å². The highest BCUT2D eigenvalue weighted by Gasteiger charge is 2.37. The van der Waals surface area contributed by atoms with Crippen LogP contribution < -0.4 is 5.32 Å². The van der Waals surface area contributed by atoms with Crippen molar-refractivity contribution in [2.75, 3.05) is 5.32 Å². The SMILES string of the molecule is O=C(Nc1cccc([N+](=O)[O-])c1)c1cc(C(F)(F)F)cc(C(F)(F)F)c1. The molecule has 0 bridgehead atoms. The highest BCUT2D eigenvalue weighted by molar-refractivity contribution is 6.04. The van der Waals surface area contributed by atoms with Gasteiger partial charge >= 0.3 is 12.4 Å². The van der Waals surface area contributed by atoms with E-state index in [-0.39, 0.29) is 23.9 Å². The molecule has 2 aromatic rings. The smallest absolute Gasteiger partial charge is 0.322 e. The van der Waals surface area contributed by atoms with Crippen molar-refractivity contribution in [2.24, 2.45) is 0 Å². The molecule has 2 rings (SSSR count). The van der Waals surface area contributed by atoms with Crippen molar-refractivity contribution in [2.45, 2.75) is 12.4 Å². The van der Waals surface area contributed by atoms with Gasteiger partial charge in [0.15, 0.2) is 0 Å². The summed E-state index contributed by atoms with van der Waals surface area (Å²) in [6.45, 7) is 0. The van der Waals surface area contributed by atoms with Gasteiger partial charge in [0, 0.05) is 23.4 Å². The molecule has 26 heavy (non-hydrogen) atoms. The summed E-state index contributed by atoms with van der Waals surface area (Å²) in [5, 5.41) is 12.7. The van der Waals surface area contributed by atoms with Gasteiger partial charge in [-0.25, -0.2) is 0 Å². The van der Waals surface area contributed by atoms with E-state index in [9.17, 15) is 41.3 Å². The number of rotatable bonds is 3. The molecule has 5 nitrogen and oxygen atoms in total. The Balaban J connectivity index is 2.42. The number of carbonyl (C=O) groups excluding carboxylic acids is 1. The van der Waals surface area contributed by atoms with Gasteiger partial charge in [-0.1, -0.05) is 6.07 Å². The summed E-state index contributed by atoms with van der Waals surface area (Å²) in [4.78, 5) is 21.9. The molecule has 0 aliphatic heterocycles. The van der Waals surface area contributed by atoms with Crippen LogP contribution >= 0.6 is 0 Å². The number of benzene rings is 2. The second kappa shape index (κ2) is 6.65. The van der Waals surface area contributed by atoms with Crippen LogP contribution in [0.15, 0.2) is 42.5 Å². The van der Waals surface area contributed by atoms with E-state index >= 15 is 0 Å². The number of non-ortho nitro benzene ring substituents is 1. The molecular weight excluding hydrogens is 370 g/mol. The van der Waals surface area contributed by atoms with Gasteiger partial charge in [-0.15, -0.1) is 0 Å². The number of nitrogens with zero attached hydrogens (tertiary/aromatic N) is 1. The van der Waals surface area contributed by atoms with Crippen molar-refractivity contribution in [1.29, 1.82) is 0 Å². The first-order valence-corrected chi connectivity index (χ1v) is 6.73. The van der Waals surface area contributed by atoms with Crippen LogP contribution in [-0.2, 0) is 12.4 Å². The molecule has 0 radical (unpaired) electrons. The van der Waals surface area contributed by atoms with Crippen molar-refractivity contribution in [3.05, 3.63) is 69.3 Å². The monoisotopic (exact) mass is 378 g/mol. The number of carbonyl (C=O) groups is 1. The highest BCUT2D eigenvalue weighted by atomic mass is 19.4. The molecule has 1 amide bonds. The van der Waals surface area contributed by atoms with E-state index in [2.05, 4.69) is 0 Å². The number of halogens is 6. The van der Waals surface area contributed by atoms with Gasteiger partial charge in [-0.3, -0.25) is 14.9 Å². The molecule has 0 spiro atoms. The molecule has 0 aliphatic carbocycles. The summed E-state index contributed by atoms with van der Waals surface area (Å²) in [7, 11) is 0. The summed E-state index contributed by atoms with van der Waals surface area (Å²) in [6.07, 6.45) is -10.2. The Morgan fingerprint density at radius 1 is 0.923 bits per heavy atom. The van der Waals surface area contributed by atoms with Crippen molar-refractivity contribution in [3.63, 3.8) is 0 Å². The van der Waals surface area contributed by atoms with Crippen molar-refractivity contribution in [1.82, 2.24) is 0 Å². The lowest BCUT2D eigenvalue weighted by Gasteiger charge is -2.14. The Morgan fingerprint density at radius 3 is 1.92 bits per heavy atom. The summed E-state index contributed by atoms with van der Waals surface area (Å²) < 4.78 is 76.8. The van der Waals surface area contributed by atoms with Crippen LogP contribution in [0.25, 0.3) is 0 Å². The topological polar surface area (TPSA) is 72.2 Å². The van der Waals surface area contributed by atoms with Crippen LogP contribution in [0.3, 0.4) is 0 Å². The molecule has 1 N–H and O–H groups in total. The molecule has 0 aliphatic rings. The fourth-order valence-corrected chi connectivity index (χ4v) is 1.99. The Morgan fingerprint density at radius 2 is 1.46 bits per heavy atom. The maximum Gasteiger partial charge on any atom is 0.416 e. The minimum absolute atomic E-state index is 0.107. The third kappa shape index (κ3) is 4.49. The van der Waals surface area contributed by atoms with E-state index in [1.165, 1.54) is 12.1 Å². The molecule has 0 heterocycles. The number of nitro benzene ring substituents is 1. The number of alkyl halides is 6. The van der Waals surface area contributed by atoms with E-state index < -0.39 is 45.6 Å². The quantitative estimate of drug-likeness (QED) is 0.470. The molecule has 0 aromatic heterocycles. The van der Waals surface area contributed by atoms with Gasteiger partial charge in [0.1, 0.15) is 0 Å². The maximum absolute atomic E-state index is 12.8. The van der Waals surface area contributed by atoms with Crippen LogP contribution in [0.4, 0.5) is 37.7 Å². The first-order chi connectivity index (χ1) is 11.9. The summed E-state index contributed by atoms with van der Waals surface area (Å²) in [6, 6.07) is 4.83. The van der Waals surface area contributed by atoms with Crippen LogP contribution in [0.1, 0.15) is 21.5 Å². The zero-order valence-electron chi connectivity index (χ0n) is 12.5. The maximum atomic E-state index is 12.8.